The molecule has 1 aromatic heterocycles. The van der Waals surface area contributed by atoms with Gasteiger partial charge in [0.2, 0.25) is 0 Å². The van der Waals surface area contributed by atoms with E-state index in [-0.39, 0.29) is 17.4 Å². The molecule has 2 aromatic rings. The lowest BCUT2D eigenvalue weighted by Gasteiger charge is -2.08. The molecule has 0 spiro atoms. The van der Waals surface area contributed by atoms with E-state index in [1.807, 2.05) is 31.2 Å². The van der Waals surface area contributed by atoms with Crippen LogP contribution in [-0.2, 0) is 0 Å². The van der Waals surface area contributed by atoms with Crippen molar-refractivity contribution in [3.8, 4) is 0 Å². The van der Waals surface area contributed by atoms with Crippen LogP contribution < -0.4 is 11.1 Å². The molecule has 0 unspecified atom stereocenters. The fraction of sp³-hybridized carbons (Fsp3) is 0.0833. The zero-order valence-corrected chi connectivity index (χ0v) is 9.34. The predicted octanol–water partition coefficient (Wildman–Crippen LogP) is 1.62. The lowest BCUT2D eigenvalue weighted by molar-refractivity contribution is 0.102. The van der Waals surface area contributed by atoms with Crippen LogP contribution in [0.3, 0.4) is 0 Å². The maximum absolute atomic E-state index is 11.9. The van der Waals surface area contributed by atoms with Crippen molar-refractivity contribution in [2.75, 3.05) is 11.1 Å². The number of nitrogen functional groups attached to an aromatic ring is 1. The molecule has 0 aliphatic heterocycles. The minimum absolute atomic E-state index is 0.124. The smallest absolute Gasteiger partial charge is 0.278 e. The minimum Gasteiger partial charge on any atom is -0.382 e. The topological polar surface area (TPSA) is 80.9 Å². The first-order chi connectivity index (χ1) is 8.18. The van der Waals surface area contributed by atoms with Gasteiger partial charge in [-0.25, -0.2) is 9.97 Å². The predicted molar refractivity (Wildman–Crippen MR) is 65.6 cm³/mol. The zero-order valence-electron chi connectivity index (χ0n) is 9.34. The Labute approximate surface area is 98.7 Å². The van der Waals surface area contributed by atoms with Crippen molar-refractivity contribution in [2.24, 2.45) is 0 Å². The molecule has 1 aromatic carbocycles. The second kappa shape index (κ2) is 4.61. The molecule has 3 N–H and O–H groups in total. The number of carbonyl (C=O) groups is 1. The van der Waals surface area contributed by atoms with Crippen LogP contribution in [0.4, 0.5) is 11.5 Å². The number of benzene rings is 1. The van der Waals surface area contributed by atoms with Crippen molar-refractivity contribution in [3.05, 3.63) is 47.9 Å². The summed E-state index contributed by atoms with van der Waals surface area (Å²) in [7, 11) is 0. The molecule has 17 heavy (non-hydrogen) atoms. The average molecular weight is 228 g/mol. The van der Waals surface area contributed by atoms with Crippen LogP contribution in [0, 0.1) is 6.92 Å². The Kier molecular flexibility index (Phi) is 3.00. The number of para-hydroxylation sites is 1. The molecule has 1 amide bonds. The number of nitrogens with zero attached hydrogens (tertiary/aromatic N) is 2. The van der Waals surface area contributed by atoms with Crippen molar-refractivity contribution in [1.29, 1.82) is 0 Å². The summed E-state index contributed by atoms with van der Waals surface area (Å²) < 4.78 is 0. The van der Waals surface area contributed by atoms with Crippen LogP contribution in [0.1, 0.15) is 16.1 Å². The van der Waals surface area contributed by atoms with Gasteiger partial charge >= 0.3 is 0 Å². The summed E-state index contributed by atoms with van der Waals surface area (Å²) >= 11 is 0. The van der Waals surface area contributed by atoms with Gasteiger partial charge in [0.15, 0.2) is 11.5 Å². The minimum atomic E-state index is -0.357. The van der Waals surface area contributed by atoms with E-state index in [4.69, 9.17) is 5.73 Å². The van der Waals surface area contributed by atoms with Gasteiger partial charge in [-0.3, -0.25) is 4.79 Å². The van der Waals surface area contributed by atoms with Gasteiger partial charge in [-0.05, 0) is 18.6 Å². The zero-order chi connectivity index (χ0) is 12.3. The van der Waals surface area contributed by atoms with Gasteiger partial charge in [-0.15, -0.1) is 0 Å². The number of hydrogen-bond acceptors (Lipinski definition) is 4. The van der Waals surface area contributed by atoms with E-state index in [1.54, 1.807) is 0 Å². The van der Waals surface area contributed by atoms with Crippen molar-refractivity contribution >= 4 is 17.4 Å². The fourth-order valence-electron chi connectivity index (χ4n) is 1.42. The second-order valence-electron chi connectivity index (χ2n) is 3.56. The van der Waals surface area contributed by atoms with E-state index in [0.29, 0.717) is 0 Å². The standard InChI is InChI=1S/C12H12N4O/c1-8-4-2-3-5-9(8)16-12(17)10-11(13)15-7-6-14-10/h2-7H,1H3,(H2,13,15)(H,16,17). The van der Waals surface area contributed by atoms with E-state index in [0.717, 1.165) is 11.3 Å². The Morgan fingerprint density at radius 3 is 2.65 bits per heavy atom. The first-order valence-corrected chi connectivity index (χ1v) is 5.12. The van der Waals surface area contributed by atoms with Crippen LogP contribution in [0.2, 0.25) is 0 Å². The summed E-state index contributed by atoms with van der Waals surface area (Å²) in [5, 5.41) is 2.75. The molecule has 2 rings (SSSR count). The molecular formula is C12H12N4O. The highest BCUT2D eigenvalue weighted by Crippen LogP contribution is 2.15. The highest BCUT2D eigenvalue weighted by atomic mass is 16.1. The molecule has 0 saturated carbocycles. The van der Waals surface area contributed by atoms with Crippen molar-refractivity contribution in [1.82, 2.24) is 9.97 Å². The number of carbonyl (C=O) groups excluding carboxylic acids is 1. The molecule has 5 nitrogen and oxygen atoms in total. The third-order valence-electron chi connectivity index (χ3n) is 2.33. The van der Waals surface area contributed by atoms with Gasteiger partial charge in [0.05, 0.1) is 0 Å². The van der Waals surface area contributed by atoms with E-state index >= 15 is 0 Å². The van der Waals surface area contributed by atoms with E-state index in [2.05, 4.69) is 15.3 Å². The summed E-state index contributed by atoms with van der Waals surface area (Å²) in [6.45, 7) is 1.91. The summed E-state index contributed by atoms with van der Waals surface area (Å²) in [4.78, 5) is 19.6. The molecule has 0 aliphatic carbocycles. The Hall–Kier alpha value is -2.43. The number of amides is 1. The monoisotopic (exact) mass is 228 g/mol. The van der Waals surface area contributed by atoms with E-state index < -0.39 is 0 Å². The second-order valence-corrected chi connectivity index (χ2v) is 3.56. The molecule has 5 heteroatoms. The molecule has 1 heterocycles. The summed E-state index contributed by atoms with van der Waals surface area (Å²) in [5.41, 5.74) is 7.43. The number of nitrogens with one attached hydrogen (secondary N) is 1. The van der Waals surface area contributed by atoms with Crippen LogP contribution in [0.15, 0.2) is 36.7 Å². The maximum Gasteiger partial charge on any atom is 0.278 e. The van der Waals surface area contributed by atoms with E-state index in [9.17, 15) is 4.79 Å². The average Bonchev–Trinajstić information content (AvgIpc) is 2.32. The third-order valence-corrected chi connectivity index (χ3v) is 2.33. The van der Waals surface area contributed by atoms with Gasteiger partial charge in [0, 0.05) is 18.1 Å². The molecule has 0 aliphatic rings. The molecule has 0 fully saturated rings. The van der Waals surface area contributed by atoms with Crippen molar-refractivity contribution < 1.29 is 4.79 Å². The molecule has 0 atom stereocenters. The van der Waals surface area contributed by atoms with E-state index in [1.165, 1.54) is 12.4 Å². The summed E-state index contributed by atoms with van der Waals surface area (Å²) in [6, 6.07) is 7.49. The molecular weight excluding hydrogens is 216 g/mol. The third kappa shape index (κ3) is 2.39. The van der Waals surface area contributed by atoms with Gasteiger partial charge in [0.25, 0.3) is 5.91 Å². The summed E-state index contributed by atoms with van der Waals surface area (Å²) in [5.74, 6) is -0.233. The Balaban J connectivity index is 2.24. The number of hydrogen-bond donors (Lipinski definition) is 2. The van der Waals surface area contributed by atoms with Crippen LogP contribution >= 0.6 is 0 Å². The fourth-order valence-corrected chi connectivity index (χ4v) is 1.42. The normalized spacial score (nSPS) is 9.94. The first-order valence-electron chi connectivity index (χ1n) is 5.12. The first kappa shape index (κ1) is 11.1. The largest absolute Gasteiger partial charge is 0.382 e. The number of rotatable bonds is 2. The molecule has 86 valence electrons. The van der Waals surface area contributed by atoms with Gasteiger partial charge in [0.1, 0.15) is 0 Å². The summed E-state index contributed by atoms with van der Waals surface area (Å²) in [6.07, 6.45) is 2.88. The number of aryl methyl sites for hydroxylation is 1. The molecule has 0 radical (unpaired) electrons. The molecule has 0 bridgehead atoms. The highest BCUT2D eigenvalue weighted by Gasteiger charge is 2.12. The van der Waals surface area contributed by atoms with Crippen LogP contribution in [-0.4, -0.2) is 15.9 Å². The Morgan fingerprint density at radius 1 is 1.24 bits per heavy atom. The number of nitrogens with two attached hydrogens (primary N) is 1. The van der Waals surface area contributed by atoms with Gasteiger partial charge < -0.3 is 11.1 Å². The Bertz CT molecular complexity index is 554. The number of aromatic nitrogens is 2. The lowest BCUT2D eigenvalue weighted by Crippen LogP contribution is -2.17. The Morgan fingerprint density at radius 2 is 1.94 bits per heavy atom. The SMILES string of the molecule is Cc1ccccc1NC(=O)c1nccnc1N. The van der Waals surface area contributed by atoms with Crippen molar-refractivity contribution in [3.63, 3.8) is 0 Å². The van der Waals surface area contributed by atoms with Crippen LogP contribution in [0.5, 0.6) is 0 Å². The lowest BCUT2D eigenvalue weighted by atomic mass is 10.2. The number of anilines is 2. The maximum atomic E-state index is 11.9. The van der Waals surface area contributed by atoms with Crippen LogP contribution in [0.25, 0.3) is 0 Å². The quantitative estimate of drug-likeness (QED) is 0.818. The van der Waals surface area contributed by atoms with Crippen molar-refractivity contribution in [2.45, 2.75) is 6.92 Å². The highest BCUT2D eigenvalue weighted by molar-refractivity contribution is 6.05. The van der Waals surface area contributed by atoms with Gasteiger partial charge in [-0.1, -0.05) is 18.2 Å². The van der Waals surface area contributed by atoms with Gasteiger partial charge in [-0.2, -0.15) is 0 Å². The molecule has 0 saturated heterocycles.